The van der Waals surface area contributed by atoms with E-state index in [1.807, 2.05) is 34.9 Å². The number of nitrogens with one attached hydrogen (secondary N) is 1. The second-order valence-electron chi connectivity index (χ2n) is 6.82. The number of aryl methyl sites for hydroxylation is 1. The maximum atomic E-state index is 12.1. The maximum Gasteiger partial charge on any atom is 0.328 e. The highest BCUT2D eigenvalue weighted by atomic mass is 32.2. The van der Waals surface area contributed by atoms with Gasteiger partial charge in [0.15, 0.2) is 16.8 Å². The average Bonchev–Trinajstić information content (AvgIpc) is 3.29. The maximum absolute atomic E-state index is 12.1. The van der Waals surface area contributed by atoms with Crippen molar-refractivity contribution in [3.63, 3.8) is 0 Å². The minimum Gasteiger partial charge on any atom is -0.486 e. The first-order valence-electron chi connectivity index (χ1n) is 9.34. The van der Waals surface area contributed by atoms with Gasteiger partial charge < -0.3 is 13.8 Å². The molecule has 10 heteroatoms. The number of para-hydroxylation sites is 1. The van der Waals surface area contributed by atoms with Crippen molar-refractivity contribution in [2.45, 2.75) is 45.5 Å². The van der Waals surface area contributed by atoms with Crippen molar-refractivity contribution in [2.75, 3.05) is 11.1 Å². The van der Waals surface area contributed by atoms with Gasteiger partial charge in [0.05, 0.1) is 5.75 Å². The van der Waals surface area contributed by atoms with Gasteiger partial charge in [0, 0.05) is 6.54 Å². The molecule has 1 amide bonds. The van der Waals surface area contributed by atoms with Crippen LogP contribution in [0.1, 0.15) is 31.9 Å². The first-order chi connectivity index (χ1) is 14.0. The number of amides is 1. The molecule has 29 heavy (non-hydrogen) atoms. The van der Waals surface area contributed by atoms with Gasteiger partial charge in [0.1, 0.15) is 12.4 Å². The quantitative estimate of drug-likeness (QED) is 0.502. The molecule has 0 unspecified atom stereocenters. The Bertz CT molecular complexity index is 925. The Morgan fingerprint density at radius 2 is 2.07 bits per heavy atom. The Hall–Kier alpha value is -2.88. The summed E-state index contributed by atoms with van der Waals surface area (Å²) in [6.07, 6.45) is 0.970. The second kappa shape index (κ2) is 10.1. The Kier molecular flexibility index (Phi) is 7.23. The van der Waals surface area contributed by atoms with E-state index in [0.29, 0.717) is 23.5 Å². The number of hydrogen-bond acceptors (Lipinski definition) is 8. The number of carbonyl (C=O) groups is 1. The Balaban J connectivity index is 1.63. The minimum atomic E-state index is -0.251. The number of aromatic nitrogens is 5. The van der Waals surface area contributed by atoms with Gasteiger partial charge in [-0.3, -0.25) is 10.1 Å². The highest BCUT2D eigenvalue weighted by molar-refractivity contribution is 7.99. The molecule has 0 radical (unpaired) electrons. The molecule has 0 saturated heterocycles. The molecule has 2 aromatic heterocycles. The van der Waals surface area contributed by atoms with Crippen molar-refractivity contribution in [1.82, 2.24) is 24.9 Å². The lowest BCUT2D eigenvalue weighted by Gasteiger charge is -2.12. The van der Waals surface area contributed by atoms with Crippen LogP contribution >= 0.6 is 11.8 Å². The normalized spacial score (nSPS) is 11.0. The van der Waals surface area contributed by atoms with Crippen molar-refractivity contribution < 1.29 is 14.1 Å². The number of rotatable bonds is 10. The van der Waals surface area contributed by atoms with E-state index in [-0.39, 0.29) is 17.7 Å². The van der Waals surface area contributed by atoms with Gasteiger partial charge in [0.25, 0.3) is 0 Å². The van der Waals surface area contributed by atoms with Gasteiger partial charge >= 0.3 is 6.01 Å². The van der Waals surface area contributed by atoms with Gasteiger partial charge in [-0.25, -0.2) is 0 Å². The predicted molar refractivity (Wildman–Crippen MR) is 109 cm³/mol. The monoisotopic (exact) mass is 416 g/mol. The molecule has 0 fully saturated rings. The molecule has 0 spiro atoms. The molecule has 3 rings (SSSR count). The van der Waals surface area contributed by atoms with Crippen LogP contribution < -0.4 is 10.1 Å². The molecule has 2 heterocycles. The SMILES string of the molecule is Cc1noc(NC(=O)CSc2nnc(COc3ccccc3)n2CCC(C)C)n1. The molecule has 1 N–H and O–H groups in total. The Morgan fingerprint density at radius 3 is 2.76 bits per heavy atom. The van der Waals surface area contributed by atoms with Crippen molar-refractivity contribution in [3.05, 3.63) is 42.0 Å². The molecule has 1 aromatic carbocycles. The van der Waals surface area contributed by atoms with Crippen LogP contribution in [-0.4, -0.2) is 36.6 Å². The van der Waals surface area contributed by atoms with Crippen LogP contribution in [0.2, 0.25) is 0 Å². The zero-order valence-corrected chi connectivity index (χ0v) is 17.5. The van der Waals surface area contributed by atoms with Gasteiger partial charge in [-0.2, -0.15) is 4.98 Å². The summed E-state index contributed by atoms with van der Waals surface area (Å²) < 4.78 is 12.7. The number of ether oxygens (including phenoxy) is 1. The lowest BCUT2D eigenvalue weighted by Crippen LogP contribution is -2.15. The number of carbonyl (C=O) groups excluding carboxylic acids is 1. The highest BCUT2D eigenvalue weighted by Gasteiger charge is 2.16. The topological polar surface area (TPSA) is 108 Å². The number of nitrogens with zero attached hydrogens (tertiary/aromatic N) is 5. The lowest BCUT2D eigenvalue weighted by atomic mass is 10.1. The van der Waals surface area contributed by atoms with Crippen LogP contribution in [0.3, 0.4) is 0 Å². The van der Waals surface area contributed by atoms with E-state index in [9.17, 15) is 4.79 Å². The lowest BCUT2D eigenvalue weighted by molar-refractivity contribution is -0.114. The fourth-order valence-electron chi connectivity index (χ4n) is 2.44. The summed E-state index contributed by atoms with van der Waals surface area (Å²) in [5.41, 5.74) is 0. The van der Waals surface area contributed by atoms with Gasteiger partial charge in [0.2, 0.25) is 5.91 Å². The fourth-order valence-corrected chi connectivity index (χ4v) is 3.23. The number of anilines is 1. The Morgan fingerprint density at radius 1 is 1.28 bits per heavy atom. The molecule has 0 aliphatic carbocycles. The molecule has 0 atom stereocenters. The summed E-state index contributed by atoms with van der Waals surface area (Å²) in [5, 5.41) is 15.4. The average molecular weight is 417 g/mol. The predicted octanol–water partition coefficient (Wildman–Crippen LogP) is 3.33. The number of benzene rings is 1. The van der Waals surface area contributed by atoms with Crippen LogP contribution in [0.4, 0.5) is 6.01 Å². The summed E-state index contributed by atoms with van der Waals surface area (Å²) in [6, 6.07) is 9.66. The van der Waals surface area contributed by atoms with E-state index in [2.05, 4.69) is 39.5 Å². The van der Waals surface area contributed by atoms with Crippen molar-refractivity contribution in [2.24, 2.45) is 5.92 Å². The van der Waals surface area contributed by atoms with Gasteiger partial charge in [-0.1, -0.05) is 49.0 Å². The molecule has 0 aliphatic rings. The van der Waals surface area contributed by atoms with E-state index in [0.717, 1.165) is 24.5 Å². The molecule has 3 aromatic rings. The zero-order valence-electron chi connectivity index (χ0n) is 16.7. The second-order valence-corrected chi connectivity index (χ2v) is 7.76. The molecule has 0 saturated carbocycles. The Labute approximate surface area is 173 Å². The molecule has 0 aliphatic heterocycles. The van der Waals surface area contributed by atoms with E-state index in [4.69, 9.17) is 9.26 Å². The third kappa shape index (κ3) is 6.31. The summed E-state index contributed by atoms with van der Waals surface area (Å²) in [5.74, 6) is 2.39. The zero-order chi connectivity index (χ0) is 20.6. The van der Waals surface area contributed by atoms with Crippen LogP contribution in [0.15, 0.2) is 40.0 Å². The van der Waals surface area contributed by atoms with Gasteiger partial charge in [-0.05, 0) is 31.4 Å². The fraction of sp³-hybridized carbons (Fsp3) is 0.421. The van der Waals surface area contributed by atoms with Crippen LogP contribution in [0, 0.1) is 12.8 Å². The van der Waals surface area contributed by atoms with Crippen molar-refractivity contribution in [1.29, 1.82) is 0 Å². The third-order valence-corrected chi connectivity index (χ3v) is 4.91. The molecule has 9 nitrogen and oxygen atoms in total. The first-order valence-corrected chi connectivity index (χ1v) is 10.3. The smallest absolute Gasteiger partial charge is 0.328 e. The van der Waals surface area contributed by atoms with Crippen LogP contribution in [-0.2, 0) is 17.9 Å². The molecule has 0 bridgehead atoms. The largest absolute Gasteiger partial charge is 0.486 e. The third-order valence-electron chi connectivity index (χ3n) is 3.94. The minimum absolute atomic E-state index is 0.0892. The molecule has 154 valence electrons. The van der Waals surface area contributed by atoms with E-state index in [1.165, 1.54) is 11.8 Å². The van der Waals surface area contributed by atoms with E-state index < -0.39 is 0 Å². The standard InChI is InChI=1S/C19H24N6O3S/c1-13(2)9-10-25-16(11-27-15-7-5-4-6-8-15)22-23-19(25)29-12-17(26)21-18-20-14(3)24-28-18/h4-8,13H,9-12H2,1-3H3,(H,20,21,24,26). The summed E-state index contributed by atoms with van der Waals surface area (Å²) in [4.78, 5) is 16.1. The first kappa shape index (κ1) is 20.8. The summed E-state index contributed by atoms with van der Waals surface area (Å²) in [7, 11) is 0. The molecular weight excluding hydrogens is 392 g/mol. The van der Waals surface area contributed by atoms with Crippen LogP contribution in [0.5, 0.6) is 5.75 Å². The van der Waals surface area contributed by atoms with Crippen LogP contribution in [0.25, 0.3) is 0 Å². The number of thioether (sulfide) groups is 1. The van der Waals surface area contributed by atoms with E-state index >= 15 is 0 Å². The van der Waals surface area contributed by atoms with Gasteiger partial charge in [-0.15, -0.1) is 10.2 Å². The van der Waals surface area contributed by atoms with E-state index in [1.54, 1.807) is 6.92 Å². The summed E-state index contributed by atoms with van der Waals surface area (Å²) >= 11 is 1.31. The molecular formula is C19H24N6O3S. The van der Waals surface area contributed by atoms with Crippen molar-refractivity contribution in [3.8, 4) is 5.75 Å². The summed E-state index contributed by atoms with van der Waals surface area (Å²) in [6.45, 7) is 7.08. The number of hydrogen-bond donors (Lipinski definition) is 1. The highest BCUT2D eigenvalue weighted by Crippen LogP contribution is 2.20. The van der Waals surface area contributed by atoms with Crippen molar-refractivity contribution >= 4 is 23.7 Å².